The van der Waals surface area contributed by atoms with Crippen molar-refractivity contribution in [3.05, 3.63) is 24.3 Å². The summed E-state index contributed by atoms with van der Waals surface area (Å²) in [4.78, 5) is 34.8. The largest absolute Gasteiger partial charge is 0.481 e. The Morgan fingerprint density at radius 3 is 2.29 bits per heavy atom. The third-order valence-corrected chi connectivity index (χ3v) is 4.39. The van der Waals surface area contributed by atoms with Crippen LogP contribution < -0.4 is 10.6 Å². The van der Waals surface area contributed by atoms with Crippen LogP contribution in [0.15, 0.2) is 29.2 Å². The molecule has 3 N–H and O–H groups in total. The van der Waals surface area contributed by atoms with E-state index < -0.39 is 11.5 Å². The molecule has 0 radical (unpaired) electrons. The molecule has 0 aliphatic carbocycles. The van der Waals surface area contributed by atoms with Gasteiger partial charge in [0.05, 0.1) is 5.25 Å². The smallest absolute Gasteiger partial charge is 0.303 e. The van der Waals surface area contributed by atoms with Crippen LogP contribution >= 0.6 is 11.8 Å². The van der Waals surface area contributed by atoms with E-state index >= 15 is 0 Å². The Hall–Kier alpha value is -2.02. The SMILES string of the molecule is CC(=O)Nc1ccc(SC(C)C(=O)NC(C)(C)CCC(=O)O)cc1. The molecule has 2 amide bonds. The van der Waals surface area contributed by atoms with Gasteiger partial charge in [-0.15, -0.1) is 11.8 Å². The lowest BCUT2D eigenvalue weighted by Gasteiger charge is -2.27. The second kappa shape index (κ2) is 8.73. The van der Waals surface area contributed by atoms with E-state index in [2.05, 4.69) is 10.6 Å². The lowest BCUT2D eigenvalue weighted by Crippen LogP contribution is -2.46. The van der Waals surface area contributed by atoms with Crippen molar-refractivity contribution < 1.29 is 19.5 Å². The van der Waals surface area contributed by atoms with Gasteiger partial charge in [0.15, 0.2) is 0 Å². The van der Waals surface area contributed by atoms with Crippen LogP contribution in [0.3, 0.4) is 0 Å². The van der Waals surface area contributed by atoms with Crippen LogP contribution in [-0.2, 0) is 14.4 Å². The summed E-state index contributed by atoms with van der Waals surface area (Å²) >= 11 is 1.40. The van der Waals surface area contributed by atoms with Crippen molar-refractivity contribution in [1.29, 1.82) is 0 Å². The zero-order valence-corrected chi connectivity index (χ0v) is 15.2. The van der Waals surface area contributed by atoms with Crippen LogP contribution in [0.4, 0.5) is 5.69 Å². The van der Waals surface area contributed by atoms with Crippen molar-refractivity contribution in [3.8, 4) is 0 Å². The number of carbonyl (C=O) groups excluding carboxylic acids is 2. The average molecular weight is 352 g/mol. The third-order valence-electron chi connectivity index (χ3n) is 3.28. The molecule has 1 rings (SSSR count). The van der Waals surface area contributed by atoms with Crippen molar-refractivity contribution in [2.45, 2.75) is 56.2 Å². The highest BCUT2D eigenvalue weighted by Gasteiger charge is 2.24. The van der Waals surface area contributed by atoms with Gasteiger partial charge in [-0.2, -0.15) is 0 Å². The van der Waals surface area contributed by atoms with Crippen molar-refractivity contribution in [3.63, 3.8) is 0 Å². The van der Waals surface area contributed by atoms with Crippen molar-refractivity contribution in [1.82, 2.24) is 5.32 Å². The molecule has 1 atom stereocenters. The van der Waals surface area contributed by atoms with Gasteiger partial charge in [-0.05, 0) is 51.5 Å². The Morgan fingerprint density at radius 2 is 1.79 bits per heavy atom. The van der Waals surface area contributed by atoms with Gasteiger partial charge < -0.3 is 15.7 Å². The second-order valence-electron chi connectivity index (χ2n) is 6.23. The molecule has 0 spiro atoms. The van der Waals surface area contributed by atoms with E-state index in [1.165, 1.54) is 18.7 Å². The number of carboxylic acids is 1. The minimum atomic E-state index is -0.876. The number of anilines is 1. The fraction of sp³-hybridized carbons (Fsp3) is 0.471. The minimum absolute atomic E-state index is 0.0133. The van der Waals surface area contributed by atoms with Crippen LogP contribution in [0.2, 0.25) is 0 Å². The molecule has 24 heavy (non-hydrogen) atoms. The molecule has 0 fully saturated rings. The highest BCUT2D eigenvalue weighted by atomic mass is 32.2. The first-order valence-electron chi connectivity index (χ1n) is 7.67. The maximum Gasteiger partial charge on any atom is 0.303 e. The summed E-state index contributed by atoms with van der Waals surface area (Å²) in [5.74, 6) is -1.15. The zero-order valence-electron chi connectivity index (χ0n) is 14.4. The van der Waals surface area contributed by atoms with Gasteiger partial charge >= 0.3 is 5.97 Å². The van der Waals surface area contributed by atoms with Gasteiger partial charge in [-0.3, -0.25) is 14.4 Å². The van der Waals surface area contributed by atoms with Gasteiger partial charge in [0.2, 0.25) is 11.8 Å². The summed E-state index contributed by atoms with van der Waals surface area (Å²) in [7, 11) is 0. The number of thioether (sulfide) groups is 1. The number of rotatable bonds is 8. The van der Waals surface area contributed by atoms with Gasteiger partial charge in [0.1, 0.15) is 0 Å². The molecule has 1 unspecified atom stereocenters. The summed E-state index contributed by atoms with van der Waals surface area (Å²) < 4.78 is 0. The maximum atomic E-state index is 12.3. The fourth-order valence-corrected chi connectivity index (χ4v) is 2.86. The maximum absolute atomic E-state index is 12.3. The van der Waals surface area contributed by atoms with Crippen molar-refractivity contribution >= 4 is 35.2 Å². The molecule has 0 saturated heterocycles. The van der Waals surface area contributed by atoms with Gasteiger partial charge in [-0.25, -0.2) is 0 Å². The Kier molecular flexibility index (Phi) is 7.28. The van der Waals surface area contributed by atoms with E-state index in [-0.39, 0.29) is 23.5 Å². The number of hydrogen-bond donors (Lipinski definition) is 3. The Labute approximate surface area is 146 Å². The van der Waals surface area contributed by atoms with Gasteiger partial charge in [0, 0.05) is 29.5 Å². The first-order valence-corrected chi connectivity index (χ1v) is 8.55. The van der Waals surface area contributed by atoms with Crippen molar-refractivity contribution in [2.75, 3.05) is 5.32 Å². The molecule has 0 aliphatic heterocycles. The van der Waals surface area contributed by atoms with E-state index in [0.29, 0.717) is 12.1 Å². The molecule has 0 heterocycles. The topological polar surface area (TPSA) is 95.5 Å². The average Bonchev–Trinajstić information content (AvgIpc) is 2.46. The lowest BCUT2D eigenvalue weighted by molar-refractivity contribution is -0.137. The number of aliphatic carboxylic acids is 1. The standard InChI is InChI=1S/C17H24N2O4S/c1-11(16(23)19-17(3,4)10-9-15(21)22)24-14-7-5-13(6-8-14)18-12(2)20/h5-8,11H,9-10H2,1-4H3,(H,18,20)(H,19,23)(H,21,22). The number of nitrogens with one attached hydrogen (secondary N) is 2. The first-order chi connectivity index (χ1) is 11.1. The Balaban J connectivity index is 2.57. The molecular weight excluding hydrogens is 328 g/mol. The van der Waals surface area contributed by atoms with Crippen LogP contribution in [0.5, 0.6) is 0 Å². The van der Waals surface area contributed by atoms with Gasteiger partial charge in [-0.1, -0.05) is 0 Å². The highest BCUT2D eigenvalue weighted by molar-refractivity contribution is 8.00. The third kappa shape index (κ3) is 7.50. The Morgan fingerprint density at radius 1 is 1.21 bits per heavy atom. The first kappa shape index (κ1) is 20.0. The number of benzene rings is 1. The fourth-order valence-electron chi connectivity index (χ4n) is 1.99. The summed E-state index contributed by atoms with van der Waals surface area (Å²) in [6, 6.07) is 7.25. The number of carboxylic acid groups (broad SMARTS) is 1. The Bertz CT molecular complexity index is 599. The molecule has 1 aromatic rings. The van der Waals surface area contributed by atoms with Crippen LogP contribution in [0.25, 0.3) is 0 Å². The highest BCUT2D eigenvalue weighted by Crippen LogP contribution is 2.25. The zero-order chi connectivity index (χ0) is 18.3. The summed E-state index contributed by atoms with van der Waals surface area (Å²) in [5.41, 5.74) is 0.137. The van der Waals surface area contributed by atoms with Crippen molar-refractivity contribution in [2.24, 2.45) is 0 Å². The van der Waals surface area contributed by atoms with E-state index in [1.54, 1.807) is 19.1 Å². The molecular formula is C17H24N2O4S. The molecule has 0 bridgehead atoms. The summed E-state index contributed by atoms with van der Waals surface area (Å²) in [6.07, 6.45) is 0.385. The predicted molar refractivity (Wildman–Crippen MR) is 95.2 cm³/mol. The molecule has 6 nitrogen and oxygen atoms in total. The number of carbonyl (C=O) groups is 3. The van der Waals surface area contributed by atoms with E-state index in [4.69, 9.17) is 5.11 Å². The quantitative estimate of drug-likeness (QED) is 0.625. The van der Waals surface area contributed by atoms with Gasteiger partial charge in [0.25, 0.3) is 0 Å². The minimum Gasteiger partial charge on any atom is -0.481 e. The van der Waals surface area contributed by atoms with E-state index in [0.717, 1.165) is 4.90 Å². The van der Waals surface area contributed by atoms with E-state index in [1.807, 2.05) is 26.0 Å². The molecule has 1 aromatic carbocycles. The molecule has 0 aliphatic rings. The molecule has 7 heteroatoms. The predicted octanol–water partition coefficient (Wildman–Crippen LogP) is 2.89. The number of amides is 2. The van der Waals surface area contributed by atoms with Crippen LogP contribution in [-0.4, -0.2) is 33.7 Å². The summed E-state index contributed by atoms with van der Waals surface area (Å²) in [6.45, 7) is 6.87. The lowest BCUT2D eigenvalue weighted by atomic mass is 9.98. The normalized spacial score (nSPS) is 12.3. The van der Waals surface area contributed by atoms with Crippen LogP contribution in [0, 0.1) is 0 Å². The molecule has 0 aromatic heterocycles. The number of hydrogen-bond acceptors (Lipinski definition) is 4. The van der Waals surface area contributed by atoms with Crippen LogP contribution in [0.1, 0.15) is 40.5 Å². The second-order valence-corrected chi connectivity index (χ2v) is 7.65. The molecule has 132 valence electrons. The monoisotopic (exact) mass is 352 g/mol. The summed E-state index contributed by atoms with van der Waals surface area (Å²) in [5, 5.41) is 14.0. The van der Waals surface area contributed by atoms with E-state index in [9.17, 15) is 14.4 Å². The molecule has 0 saturated carbocycles.